The van der Waals surface area contributed by atoms with Crippen molar-refractivity contribution in [1.82, 2.24) is 0 Å². The van der Waals surface area contributed by atoms with Gasteiger partial charge in [0.05, 0.1) is 7.11 Å². The van der Waals surface area contributed by atoms with Crippen LogP contribution < -0.4 is 4.74 Å². The highest BCUT2D eigenvalue weighted by molar-refractivity contribution is 9.10. The lowest BCUT2D eigenvalue weighted by atomic mass is 10.1. The largest absolute Gasteiger partial charge is 0.496 e. The summed E-state index contributed by atoms with van der Waals surface area (Å²) in [6.07, 6.45) is 0.00648. The monoisotopic (exact) mass is 276 g/mol. The van der Waals surface area contributed by atoms with Crippen molar-refractivity contribution in [3.8, 4) is 5.75 Å². The van der Waals surface area contributed by atoms with E-state index in [1.807, 2.05) is 0 Å². The lowest BCUT2D eigenvalue weighted by Crippen LogP contribution is -2.02. The zero-order valence-corrected chi connectivity index (χ0v) is 9.67. The molecule has 0 saturated carbocycles. The molecule has 0 unspecified atom stereocenters. The van der Waals surface area contributed by atoms with Crippen LogP contribution in [0.3, 0.4) is 0 Å². The van der Waals surface area contributed by atoms with Gasteiger partial charge in [0, 0.05) is 16.5 Å². The van der Waals surface area contributed by atoms with Crippen LogP contribution in [0.25, 0.3) is 0 Å². The van der Waals surface area contributed by atoms with Crippen LogP contribution in [0.1, 0.15) is 12.0 Å². The molecule has 0 aromatic heterocycles. The molecule has 0 radical (unpaired) electrons. The molecule has 0 heterocycles. The van der Waals surface area contributed by atoms with E-state index in [1.54, 1.807) is 6.07 Å². The Morgan fingerprint density at radius 3 is 2.80 bits per heavy atom. The van der Waals surface area contributed by atoms with Crippen molar-refractivity contribution >= 4 is 21.9 Å². The minimum Gasteiger partial charge on any atom is -0.496 e. The van der Waals surface area contributed by atoms with Gasteiger partial charge in [-0.1, -0.05) is 15.9 Å². The summed E-state index contributed by atoms with van der Waals surface area (Å²) < 4.78 is 19.0. The summed E-state index contributed by atoms with van der Waals surface area (Å²) in [5.41, 5.74) is 0.295. The molecule has 0 amide bonds. The Hall–Kier alpha value is -1.10. The van der Waals surface area contributed by atoms with E-state index in [-0.39, 0.29) is 12.8 Å². The maximum absolute atomic E-state index is 13.4. The summed E-state index contributed by atoms with van der Waals surface area (Å²) in [5.74, 6) is -1.05. The van der Waals surface area contributed by atoms with E-state index in [0.717, 1.165) is 0 Å². The molecule has 1 N–H and O–H groups in total. The molecular formula is C10H10BrFO3. The first-order chi connectivity index (χ1) is 7.04. The van der Waals surface area contributed by atoms with E-state index in [2.05, 4.69) is 15.9 Å². The van der Waals surface area contributed by atoms with Crippen molar-refractivity contribution < 1.29 is 19.0 Å². The van der Waals surface area contributed by atoms with Gasteiger partial charge in [-0.05, 0) is 18.6 Å². The lowest BCUT2D eigenvalue weighted by Gasteiger charge is -2.09. The van der Waals surface area contributed by atoms with E-state index in [4.69, 9.17) is 9.84 Å². The number of hydrogen-bond donors (Lipinski definition) is 1. The third-order valence-electron chi connectivity index (χ3n) is 1.93. The molecule has 0 spiro atoms. The molecule has 0 aliphatic carbocycles. The Morgan fingerprint density at radius 1 is 1.60 bits per heavy atom. The Labute approximate surface area is 95.0 Å². The van der Waals surface area contributed by atoms with Gasteiger partial charge in [0.15, 0.2) is 0 Å². The summed E-state index contributed by atoms with van der Waals surface area (Å²) in [5, 5.41) is 8.51. The predicted molar refractivity (Wildman–Crippen MR) is 56.6 cm³/mol. The van der Waals surface area contributed by atoms with E-state index < -0.39 is 11.8 Å². The van der Waals surface area contributed by atoms with E-state index in [0.29, 0.717) is 15.8 Å². The number of carbonyl (C=O) groups is 1. The molecule has 5 heteroatoms. The smallest absolute Gasteiger partial charge is 0.303 e. The first-order valence-electron chi connectivity index (χ1n) is 4.28. The van der Waals surface area contributed by atoms with Gasteiger partial charge in [0.25, 0.3) is 0 Å². The number of carboxylic acid groups (broad SMARTS) is 1. The van der Waals surface area contributed by atoms with Crippen LogP contribution in [0.15, 0.2) is 16.6 Å². The molecule has 1 aromatic rings. The van der Waals surface area contributed by atoms with Crippen LogP contribution in [0.5, 0.6) is 5.75 Å². The zero-order valence-electron chi connectivity index (χ0n) is 8.09. The number of ether oxygens (including phenoxy) is 1. The van der Waals surface area contributed by atoms with Crippen LogP contribution in [0, 0.1) is 5.82 Å². The Morgan fingerprint density at radius 2 is 2.27 bits per heavy atom. The first-order valence-corrected chi connectivity index (χ1v) is 5.07. The van der Waals surface area contributed by atoms with E-state index in [9.17, 15) is 9.18 Å². The molecule has 0 aliphatic rings. The average molecular weight is 277 g/mol. The maximum atomic E-state index is 13.4. The first kappa shape index (κ1) is 12.0. The number of rotatable bonds is 4. The zero-order chi connectivity index (χ0) is 11.4. The SMILES string of the molecule is COc1cc(Br)cc(F)c1CCC(=O)O. The predicted octanol–water partition coefficient (Wildman–Crippen LogP) is 2.61. The molecule has 0 atom stereocenters. The van der Waals surface area contributed by atoms with Gasteiger partial charge in [-0.25, -0.2) is 4.39 Å². The standard InChI is InChI=1S/C10H10BrFO3/c1-15-9-5-6(11)4-8(12)7(9)2-3-10(13)14/h4-5H,2-3H2,1H3,(H,13,14). The number of carboxylic acids is 1. The molecule has 0 fully saturated rings. The van der Waals surface area contributed by atoms with Crippen molar-refractivity contribution in [3.63, 3.8) is 0 Å². The van der Waals surface area contributed by atoms with Crippen molar-refractivity contribution in [3.05, 3.63) is 28.0 Å². The van der Waals surface area contributed by atoms with Gasteiger partial charge in [-0.3, -0.25) is 4.79 Å². The Bertz CT molecular complexity index is 379. The van der Waals surface area contributed by atoms with Crippen LogP contribution in [0.4, 0.5) is 4.39 Å². The Kier molecular flexibility index (Phi) is 4.08. The molecule has 15 heavy (non-hydrogen) atoms. The second-order valence-electron chi connectivity index (χ2n) is 2.96. The van der Waals surface area contributed by atoms with Crippen LogP contribution >= 0.6 is 15.9 Å². The number of halogens is 2. The molecule has 0 saturated heterocycles. The maximum Gasteiger partial charge on any atom is 0.303 e. The molecular weight excluding hydrogens is 267 g/mol. The normalized spacial score (nSPS) is 10.1. The fraction of sp³-hybridized carbons (Fsp3) is 0.300. The number of aliphatic carboxylic acids is 1. The van der Waals surface area contributed by atoms with Crippen molar-refractivity contribution in [2.24, 2.45) is 0 Å². The summed E-state index contributed by atoms with van der Waals surface area (Å²) in [7, 11) is 1.42. The molecule has 3 nitrogen and oxygen atoms in total. The number of benzene rings is 1. The molecule has 1 aromatic carbocycles. The number of methoxy groups -OCH3 is 1. The molecule has 82 valence electrons. The fourth-order valence-electron chi connectivity index (χ4n) is 1.24. The van der Waals surface area contributed by atoms with Gasteiger partial charge in [-0.2, -0.15) is 0 Å². The quantitative estimate of drug-likeness (QED) is 0.920. The number of hydrogen-bond acceptors (Lipinski definition) is 2. The van der Waals surface area contributed by atoms with Gasteiger partial charge in [0.2, 0.25) is 0 Å². The third-order valence-corrected chi connectivity index (χ3v) is 2.39. The minimum absolute atomic E-state index is 0.116. The topological polar surface area (TPSA) is 46.5 Å². The van der Waals surface area contributed by atoms with Crippen molar-refractivity contribution in [2.75, 3.05) is 7.11 Å². The molecule has 0 bridgehead atoms. The summed E-state index contributed by atoms with van der Waals surface area (Å²) >= 11 is 3.13. The van der Waals surface area contributed by atoms with Gasteiger partial charge < -0.3 is 9.84 Å². The molecule has 1 rings (SSSR count). The van der Waals surface area contributed by atoms with Crippen LogP contribution in [-0.2, 0) is 11.2 Å². The highest BCUT2D eigenvalue weighted by atomic mass is 79.9. The Balaban J connectivity index is 2.98. The third kappa shape index (κ3) is 3.20. The fourth-order valence-corrected chi connectivity index (χ4v) is 1.65. The second-order valence-corrected chi connectivity index (χ2v) is 3.88. The average Bonchev–Trinajstić information content (AvgIpc) is 2.14. The lowest BCUT2D eigenvalue weighted by molar-refractivity contribution is -0.136. The van der Waals surface area contributed by atoms with Gasteiger partial charge in [0.1, 0.15) is 11.6 Å². The van der Waals surface area contributed by atoms with E-state index in [1.165, 1.54) is 13.2 Å². The van der Waals surface area contributed by atoms with Crippen LogP contribution in [0.2, 0.25) is 0 Å². The van der Waals surface area contributed by atoms with Crippen LogP contribution in [-0.4, -0.2) is 18.2 Å². The van der Waals surface area contributed by atoms with Crippen molar-refractivity contribution in [2.45, 2.75) is 12.8 Å². The summed E-state index contributed by atoms with van der Waals surface area (Å²) in [6.45, 7) is 0. The summed E-state index contributed by atoms with van der Waals surface area (Å²) in [6, 6.07) is 2.90. The minimum atomic E-state index is -0.959. The van der Waals surface area contributed by atoms with Gasteiger partial charge >= 0.3 is 5.97 Å². The van der Waals surface area contributed by atoms with Gasteiger partial charge in [-0.15, -0.1) is 0 Å². The second kappa shape index (κ2) is 5.11. The van der Waals surface area contributed by atoms with Crippen molar-refractivity contribution in [1.29, 1.82) is 0 Å². The highest BCUT2D eigenvalue weighted by Crippen LogP contribution is 2.27. The highest BCUT2D eigenvalue weighted by Gasteiger charge is 2.12. The molecule has 0 aliphatic heterocycles. The van der Waals surface area contributed by atoms with E-state index >= 15 is 0 Å². The summed E-state index contributed by atoms with van der Waals surface area (Å²) in [4.78, 5) is 10.4.